The number of nitrogens with zero attached hydrogens (tertiary/aromatic N) is 2. The second kappa shape index (κ2) is 8.37. The number of likely N-dealkylation sites (tertiary alicyclic amines) is 2. The first-order valence-corrected chi connectivity index (χ1v) is 9.37. The van der Waals surface area contributed by atoms with Gasteiger partial charge in [0.05, 0.1) is 13.2 Å². The van der Waals surface area contributed by atoms with Crippen molar-refractivity contribution in [3.8, 4) is 5.75 Å². The van der Waals surface area contributed by atoms with Gasteiger partial charge in [0, 0.05) is 32.0 Å². The van der Waals surface area contributed by atoms with Crippen molar-refractivity contribution < 1.29 is 14.3 Å². The van der Waals surface area contributed by atoms with E-state index in [-0.39, 0.29) is 18.4 Å². The van der Waals surface area contributed by atoms with Gasteiger partial charge in [-0.15, -0.1) is 0 Å². The number of carbonyl (C=O) groups excluding carboxylic acids is 2. The third-order valence-electron chi connectivity index (χ3n) is 5.09. The minimum atomic E-state index is 0.0792. The average Bonchev–Trinajstić information content (AvgIpc) is 2.62. The summed E-state index contributed by atoms with van der Waals surface area (Å²) in [6.45, 7) is 5.17. The lowest BCUT2D eigenvalue weighted by Crippen LogP contribution is -2.48. The van der Waals surface area contributed by atoms with E-state index < -0.39 is 0 Å². The first kappa shape index (κ1) is 17.8. The maximum atomic E-state index is 12.6. The number of amides is 2. The van der Waals surface area contributed by atoms with Crippen molar-refractivity contribution in [1.29, 1.82) is 0 Å². The Balaban J connectivity index is 1.48. The summed E-state index contributed by atoms with van der Waals surface area (Å²) in [5.74, 6) is 1.45. The normalized spacial score (nSPS) is 21.3. The minimum absolute atomic E-state index is 0.0792. The Bertz CT molecular complexity index is 617. The minimum Gasteiger partial charge on any atom is -0.493 e. The summed E-state index contributed by atoms with van der Waals surface area (Å²) in [5, 5.41) is 0. The molecule has 0 radical (unpaired) electrons. The van der Waals surface area contributed by atoms with Gasteiger partial charge in [0.15, 0.2) is 0 Å². The molecule has 0 aromatic heterocycles. The monoisotopic (exact) mass is 344 g/mol. The number of ether oxygens (including phenoxy) is 1. The molecule has 0 unspecified atom stereocenters. The van der Waals surface area contributed by atoms with Crippen LogP contribution >= 0.6 is 0 Å². The highest BCUT2D eigenvalue weighted by atomic mass is 16.5. The van der Waals surface area contributed by atoms with Crippen molar-refractivity contribution in [2.24, 2.45) is 5.92 Å². The van der Waals surface area contributed by atoms with Crippen molar-refractivity contribution in [1.82, 2.24) is 9.80 Å². The summed E-state index contributed by atoms with van der Waals surface area (Å²) >= 11 is 0. The Morgan fingerprint density at radius 1 is 1.24 bits per heavy atom. The fourth-order valence-electron chi connectivity index (χ4n) is 3.64. The number of hydrogen-bond acceptors (Lipinski definition) is 3. The molecule has 0 saturated carbocycles. The summed E-state index contributed by atoms with van der Waals surface area (Å²) in [4.78, 5) is 28.1. The summed E-state index contributed by atoms with van der Waals surface area (Å²) < 4.78 is 5.92. The fourth-order valence-corrected chi connectivity index (χ4v) is 3.64. The topological polar surface area (TPSA) is 49.9 Å². The molecule has 1 aromatic rings. The largest absolute Gasteiger partial charge is 0.493 e. The molecule has 2 amide bonds. The van der Waals surface area contributed by atoms with Crippen LogP contribution in [0.15, 0.2) is 24.3 Å². The number of aryl methyl sites for hydroxylation is 1. The lowest BCUT2D eigenvalue weighted by Gasteiger charge is -2.35. The van der Waals surface area contributed by atoms with E-state index >= 15 is 0 Å². The maximum absolute atomic E-state index is 12.6. The van der Waals surface area contributed by atoms with E-state index in [2.05, 4.69) is 13.0 Å². The summed E-state index contributed by atoms with van der Waals surface area (Å²) in [7, 11) is 0. The molecule has 2 saturated heterocycles. The highest BCUT2D eigenvalue weighted by Crippen LogP contribution is 2.20. The van der Waals surface area contributed by atoms with E-state index in [0.29, 0.717) is 18.9 Å². The second-order valence-corrected chi connectivity index (χ2v) is 7.25. The second-order valence-electron chi connectivity index (χ2n) is 7.25. The van der Waals surface area contributed by atoms with E-state index in [9.17, 15) is 9.59 Å². The zero-order valence-electron chi connectivity index (χ0n) is 15.1. The van der Waals surface area contributed by atoms with Gasteiger partial charge in [-0.1, -0.05) is 12.1 Å². The smallest absolute Gasteiger partial charge is 0.242 e. The van der Waals surface area contributed by atoms with Crippen molar-refractivity contribution in [2.75, 3.05) is 32.8 Å². The van der Waals surface area contributed by atoms with E-state index in [1.165, 1.54) is 5.56 Å². The van der Waals surface area contributed by atoms with E-state index in [4.69, 9.17) is 4.74 Å². The Labute approximate surface area is 149 Å². The van der Waals surface area contributed by atoms with Crippen molar-refractivity contribution in [2.45, 2.75) is 39.0 Å². The molecule has 1 aromatic carbocycles. The highest BCUT2D eigenvalue weighted by molar-refractivity contribution is 5.85. The third-order valence-corrected chi connectivity index (χ3v) is 5.09. The molecule has 5 heteroatoms. The van der Waals surface area contributed by atoms with Gasteiger partial charge < -0.3 is 14.5 Å². The van der Waals surface area contributed by atoms with E-state index in [1.54, 1.807) is 4.90 Å². The van der Waals surface area contributed by atoms with E-state index in [1.807, 2.05) is 23.1 Å². The van der Waals surface area contributed by atoms with Crippen LogP contribution in [0.3, 0.4) is 0 Å². The van der Waals surface area contributed by atoms with Crippen LogP contribution in [0.1, 0.15) is 37.7 Å². The Morgan fingerprint density at radius 2 is 2.12 bits per heavy atom. The quantitative estimate of drug-likeness (QED) is 0.825. The van der Waals surface area contributed by atoms with Crippen LogP contribution in [-0.2, 0) is 9.59 Å². The average molecular weight is 344 g/mol. The molecule has 0 bridgehead atoms. The van der Waals surface area contributed by atoms with Gasteiger partial charge in [0.2, 0.25) is 11.8 Å². The predicted octanol–water partition coefficient (Wildman–Crippen LogP) is 2.62. The standard InChI is InChI=1S/C20H28N2O3/c1-16-6-4-8-18(12-16)25-15-17-7-5-11-21(13-17)20(24)14-22-10-3-2-9-19(22)23/h4,6,8,12,17H,2-3,5,7,9-11,13-15H2,1H3/t17-/m0/s1. The SMILES string of the molecule is Cc1cccc(OC[C@H]2CCCN(C(=O)CN3CCCCC3=O)C2)c1. The van der Waals surface area contributed by atoms with Gasteiger partial charge in [0.25, 0.3) is 0 Å². The zero-order chi connectivity index (χ0) is 17.6. The zero-order valence-corrected chi connectivity index (χ0v) is 15.1. The van der Waals surface area contributed by atoms with E-state index in [0.717, 1.165) is 51.1 Å². The summed E-state index contributed by atoms with van der Waals surface area (Å²) in [5.41, 5.74) is 1.18. The van der Waals surface area contributed by atoms with Crippen LogP contribution in [0.2, 0.25) is 0 Å². The highest BCUT2D eigenvalue weighted by Gasteiger charge is 2.27. The molecule has 2 aliphatic rings. The lowest BCUT2D eigenvalue weighted by atomic mass is 9.99. The van der Waals surface area contributed by atoms with Crippen LogP contribution in [0, 0.1) is 12.8 Å². The molecular formula is C20H28N2O3. The molecule has 2 aliphatic heterocycles. The summed E-state index contributed by atoms with van der Waals surface area (Å²) in [6, 6.07) is 8.06. The molecule has 1 atom stereocenters. The van der Waals surface area contributed by atoms with Gasteiger partial charge in [-0.2, -0.15) is 0 Å². The third kappa shape index (κ3) is 4.97. The van der Waals surface area contributed by atoms with Gasteiger partial charge in [-0.25, -0.2) is 0 Å². The molecular weight excluding hydrogens is 316 g/mol. The first-order chi connectivity index (χ1) is 12.1. The Kier molecular flexibility index (Phi) is 5.95. The molecule has 0 aliphatic carbocycles. The molecule has 0 spiro atoms. The molecule has 25 heavy (non-hydrogen) atoms. The van der Waals surface area contributed by atoms with Gasteiger partial charge in [-0.3, -0.25) is 9.59 Å². The van der Waals surface area contributed by atoms with Crippen LogP contribution < -0.4 is 4.74 Å². The number of hydrogen-bond donors (Lipinski definition) is 0. The van der Waals surface area contributed by atoms with Crippen molar-refractivity contribution in [3.63, 3.8) is 0 Å². The van der Waals surface area contributed by atoms with Gasteiger partial charge in [0.1, 0.15) is 5.75 Å². The van der Waals surface area contributed by atoms with Crippen LogP contribution in [0.25, 0.3) is 0 Å². The molecule has 2 fully saturated rings. The Hall–Kier alpha value is -2.04. The lowest BCUT2D eigenvalue weighted by molar-refractivity contribution is -0.143. The van der Waals surface area contributed by atoms with Crippen LogP contribution in [0.4, 0.5) is 0 Å². The molecule has 136 valence electrons. The van der Waals surface area contributed by atoms with Crippen molar-refractivity contribution in [3.05, 3.63) is 29.8 Å². The van der Waals surface area contributed by atoms with Crippen LogP contribution in [-0.4, -0.2) is 54.4 Å². The number of piperidine rings is 2. The first-order valence-electron chi connectivity index (χ1n) is 9.37. The molecule has 0 N–H and O–H groups in total. The number of benzene rings is 1. The molecule has 2 heterocycles. The van der Waals surface area contributed by atoms with Crippen LogP contribution in [0.5, 0.6) is 5.75 Å². The molecule has 5 nitrogen and oxygen atoms in total. The van der Waals surface area contributed by atoms with Gasteiger partial charge >= 0.3 is 0 Å². The number of carbonyl (C=O) groups is 2. The summed E-state index contributed by atoms with van der Waals surface area (Å²) in [6.07, 6.45) is 4.62. The molecule has 3 rings (SSSR count). The fraction of sp³-hybridized carbons (Fsp3) is 0.600. The predicted molar refractivity (Wildman–Crippen MR) is 96.4 cm³/mol. The maximum Gasteiger partial charge on any atom is 0.242 e. The number of rotatable bonds is 5. The Morgan fingerprint density at radius 3 is 2.92 bits per heavy atom. The van der Waals surface area contributed by atoms with Crippen molar-refractivity contribution >= 4 is 11.8 Å². The van der Waals surface area contributed by atoms with Gasteiger partial charge in [-0.05, 0) is 50.3 Å².